The van der Waals surface area contributed by atoms with Crippen LogP contribution in [0.3, 0.4) is 0 Å². The van der Waals surface area contributed by atoms with Gasteiger partial charge in [0.2, 0.25) is 23.6 Å². The lowest BCUT2D eigenvalue weighted by Crippen LogP contribution is -2.57. The number of nitro benzene ring substituents is 2. The Balaban J connectivity index is 1.49. The molecule has 12 heteroatoms. The molecule has 1 saturated carbocycles. The summed E-state index contributed by atoms with van der Waals surface area (Å²) in [7, 11) is 0. The second kappa shape index (κ2) is 7.63. The number of allylic oxidation sites excluding steroid dienone is 2. The van der Waals surface area contributed by atoms with E-state index in [2.05, 4.69) is 0 Å². The molecule has 3 fully saturated rings. The highest BCUT2D eigenvalue weighted by Gasteiger charge is 2.74. The topological polar surface area (TPSA) is 161 Å². The van der Waals surface area contributed by atoms with Gasteiger partial charge >= 0.3 is 0 Å². The molecule has 4 amide bonds. The van der Waals surface area contributed by atoms with Crippen molar-refractivity contribution in [1.82, 2.24) is 0 Å². The summed E-state index contributed by atoms with van der Waals surface area (Å²) in [5, 5.41) is 23.3. The quantitative estimate of drug-likeness (QED) is 0.259. The lowest BCUT2D eigenvalue weighted by Gasteiger charge is -2.53. The summed E-state index contributed by atoms with van der Waals surface area (Å²) in [4.78, 5) is 79.0. The maximum Gasteiger partial charge on any atom is 0.293 e. The molecular formula is C26H20N4O8. The van der Waals surface area contributed by atoms with Gasteiger partial charge in [-0.25, -0.2) is 9.80 Å². The van der Waals surface area contributed by atoms with Gasteiger partial charge in [0.15, 0.2) is 0 Å². The predicted molar refractivity (Wildman–Crippen MR) is 130 cm³/mol. The lowest BCUT2D eigenvalue weighted by atomic mass is 9.46. The Morgan fingerprint density at radius 2 is 1.08 bits per heavy atom. The second-order valence-electron chi connectivity index (χ2n) is 10.3. The third-order valence-electron chi connectivity index (χ3n) is 8.52. The predicted octanol–water partition coefficient (Wildman–Crippen LogP) is 3.01. The molecule has 38 heavy (non-hydrogen) atoms. The maximum atomic E-state index is 13.9. The van der Waals surface area contributed by atoms with Gasteiger partial charge in [-0.3, -0.25) is 39.4 Å². The third-order valence-corrected chi connectivity index (χ3v) is 8.52. The van der Waals surface area contributed by atoms with E-state index in [1.807, 2.05) is 0 Å². The highest BCUT2D eigenvalue weighted by Crippen LogP contribution is 2.66. The number of hydrogen-bond donors (Lipinski definition) is 0. The van der Waals surface area contributed by atoms with E-state index >= 15 is 0 Å². The van der Waals surface area contributed by atoms with Gasteiger partial charge in [0, 0.05) is 23.5 Å². The molecule has 2 aromatic carbocycles. The van der Waals surface area contributed by atoms with Crippen LogP contribution in [0.2, 0.25) is 0 Å². The van der Waals surface area contributed by atoms with Crippen LogP contribution in [0.1, 0.15) is 13.8 Å². The molecule has 2 aromatic rings. The van der Waals surface area contributed by atoms with Crippen LogP contribution in [0.4, 0.5) is 22.7 Å². The van der Waals surface area contributed by atoms with Gasteiger partial charge in [-0.2, -0.15) is 0 Å². The first kappa shape index (κ1) is 23.6. The van der Waals surface area contributed by atoms with Crippen molar-refractivity contribution < 1.29 is 29.0 Å². The first-order valence-corrected chi connectivity index (χ1v) is 11.9. The molecule has 2 saturated heterocycles. The number of rotatable bonds is 4. The fourth-order valence-electron chi connectivity index (χ4n) is 7.25. The summed E-state index contributed by atoms with van der Waals surface area (Å²) in [5.74, 6) is -7.59. The van der Waals surface area contributed by atoms with E-state index in [1.54, 1.807) is 19.9 Å². The lowest BCUT2D eigenvalue weighted by molar-refractivity contribution is -0.384. The Morgan fingerprint density at radius 3 is 1.47 bits per heavy atom. The minimum atomic E-state index is -1.27. The van der Waals surface area contributed by atoms with E-state index in [1.165, 1.54) is 48.5 Å². The van der Waals surface area contributed by atoms with E-state index in [0.29, 0.717) is 5.57 Å². The van der Waals surface area contributed by atoms with Crippen LogP contribution >= 0.6 is 0 Å². The molecule has 0 aromatic heterocycles. The molecule has 0 radical (unpaired) electrons. The highest BCUT2D eigenvalue weighted by molar-refractivity contribution is 6.27. The molecule has 2 heterocycles. The van der Waals surface area contributed by atoms with E-state index in [9.17, 15) is 39.4 Å². The normalized spacial score (nSPS) is 31.4. The molecule has 3 aliphatic carbocycles. The molecule has 12 nitrogen and oxygen atoms in total. The summed E-state index contributed by atoms with van der Waals surface area (Å²) in [5.41, 5.74) is -1.76. The summed E-state index contributed by atoms with van der Waals surface area (Å²) in [6.45, 7) is 3.37. The molecular weight excluding hydrogens is 496 g/mol. The zero-order valence-electron chi connectivity index (χ0n) is 20.1. The average Bonchev–Trinajstić information content (AvgIpc) is 3.30. The number of carbonyl (C=O) groups excluding carboxylic acids is 4. The fraction of sp³-hybridized carbons (Fsp3) is 0.308. The van der Waals surface area contributed by atoms with Crippen molar-refractivity contribution >= 4 is 46.4 Å². The number of anilines is 2. The minimum absolute atomic E-state index is 0.160. The van der Waals surface area contributed by atoms with Gasteiger partial charge in [-0.15, -0.1) is 0 Å². The number of benzene rings is 2. The van der Waals surface area contributed by atoms with E-state index in [4.69, 9.17) is 0 Å². The minimum Gasteiger partial charge on any atom is -0.274 e. The summed E-state index contributed by atoms with van der Waals surface area (Å²) in [6, 6.07) is 10.9. The molecule has 2 bridgehead atoms. The van der Waals surface area contributed by atoms with Crippen molar-refractivity contribution in [3.8, 4) is 0 Å². The number of imide groups is 2. The van der Waals surface area contributed by atoms with Crippen molar-refractivity contribution in [2.24, 2.45) is 35.0 Å². The largest absolute Gasteiger partial charge is 0.293 e. The molecule has 192 valence electrons. The molecule has 7 rings (SSSR count). The monoisotopic (exact) mass is 516 g/mol. The van der Waals surface area contributed by atoms with Crippen LogP contribution in [0.25, 0.3) is 0 Å². The van der Waals surface area contributed by atoms with Crippen molar-refractivity contribution in [3.05, 3.63) is 80.4 Å². The van der Waals surface area contributed by atoms with Gasteiger partial charge in [-0.1, -0.05) is 42.8 Å². The number of carbonyl (C=O) groups is 4. The van der Waals surface area contributed by atoms with Crippen LogP contribution < -0.4 is 9.80 Å². The van der Waals surface area contributed by atoms with Crippen LogP contribution in [0, 0.1) is 55.2 Å². The van der Waals surface area contributed by atoms with Crippen LogP contribution in [-0.2, 0) is 19.2 Å². The number of para-hydroxylation sites is 4. The van der Waals surface area contributed by atoms with Gasteiger partial charge in [0.1, 0.15) is 11.4 Å². The van der Waals surface area contributed by atoms with Gasteiger partial charge in [0.05, 0.1) is 33.5 Å². The Hall–Kier alpha value is -4.74. The summed E-state index contributed by atoms with van der Waals surface area (Å²) < 4.78 is 0. The zero-order chi connectivity index (χ0) is 27.3. The van der Waals surface area contributed by atoms with E-state index in [0.717, 1.165) is 9.80 Å². The Morgan fingerprint density at radius 1 is 0.684 bits per heavy atom. The summed E-state index contributed by atoms with van der Waals surface area (Å²) in [6.07, 6.45) is 1.75. The standard InChI is InChI=1S/C26H20N4O8/c1-12-11-26(2)20-18(22(31)27(24(20)33)13-7-3-5-9-15(13)29(35)36)17(12)19-21(26)25(34)28(23(19)32)14-8-4-6-10-16(14)30(37)38/h3-11,17-21H,1-2H3. The van der Waals surface area contributed by atoms with Crippen molar-refractivity contribution in [1.29, 1.82) is 0 Å². The Labute approximate surface area is 214 Å². The number of nitro groups is 2. The van der Waals surface area contributed by atoms with E-state index < -0.39 is 79.9 Å². The fourth-order valence-corrected chi connectivity index (χ4v) is 7.25. The number of nitrogens with zero attached hydrogens (tertiary/aromatic N) is 4. The van der Waals surface area contributed by atoms with Crippen LogP contribution in [-0.4, -0.2) is 33.5 Å². The van der Waals surface area contributed by atoms with Crippen molar-refractivity contribution in [2.45, 2.75) is 13.8 Å². The molecule has 0 spiro atoms. The molecule has 4 atom stereocenters. The SMILES string of the molecule is CC1=CC2(C)C3C(=O)N(c4ccccc4[N+](=O)[O-])C(=O)C3C1C1C(=O)N(c3ccccc3[N+](=O)[O-])C(=O)C12. The maximum absolute atomic E-state index is 13.9. The molecule has 5 aliphatic rings. The number of amides is 4. The van der Waals surface area contributed by atoms with Gasteiger partial charge in [-0.05, 0) is 19.1 Å². The average molecular weight is 516 g/mol. The molecule has 2 aliphatic heterocycles. The highest BCUT2D eigenvalue weighted by atomic mass is 16.6. The third kappa shape index (κ3) is 2.74. The zero-order valence-corrected chi connectivity index (χ0v) is 20.1. The summed E-state index contributed by atoms with van der Waals surface area (Å²) >= 11 is 0. The van der Waals surface area contributed by atoms with Crippen LogP contribution in [0.15, 0.2) is 60.2 Å². The van der Waals surface area contributed by atoms with E-state index in [-0.39, 0.29) is 11.4 Å². The first-order valence-electron chi connectivity index (χ1n) is 11.9. The van der Waals surface area contributed by atoms with Crippen molar-refractivity contribution in [3.63, 3.8) is 0 Å². The smallest absolute Gasteiger partial charge is 0.274 e. The van der Waals surface area contributed by atoms with Gasteiger partial charge < -0.3 is 0 Å². The Bertz CT molecular complexity index is 1450. The molecule has 4 unspecified atom stereocenters. The Kier molecular flexibility index (Phi) is 4.75. The van der Waals surface area contributed by atoms with Crippen LogP contribution in [0.5, 0.6) is 0 Å². The number of hydrogen-bond acceptors (Lipinski definition) is 8. The first-order chi connectivity index (χ1) is 18.0. The van der Waals surface area contributed by atoms with Gasteiger partial charge in [0.25, 0.3) is 11.4 Å². The van der Waals surface area contributed by atoms with Crippen molar-refractivity contribution in [2.75, 3.05) is 9.80 Å². The second-order valence-corrected chi connectivity index (χ2v) is 10.3. The molecule has 0 N–H and O–H groups in total.